The maximum atomic E-state index is 12.4. The molecule has 0 bridgehead atoms. The van der Waals surface area contributed by atoms with Gasteiger partial charge in [0.2, 0.25) is 5.69 Å². The minimum atomic E-state index is -0.298. The van der Waals surface area contributed by atoms with E-state index in [1.165, 1.54) is 6.07 Å². The Labute approximate surface area is 125 Å². The molecule has 0 spiro atoms. The van der Waals surface area contributed by atoms with Crippen molar-refractivity contribution >= 4 is 40.4 Å². The molecule has 0 aromatic heterocycles. The second kappa shape index (κ2) is 4.62. The summed E-state index contributed by atoms with van der Waals surface area (Å²) in [7, 11) is 0. The van der Waals surface area contributed by atoms with Crippen LogP contribution in [0.3, 0.4) is 0 Å². The highest BCUT2D eigenvalue weighted by atomic mass is 35.5. The fourth-order valence-corrected chi connectivity index (χ4v) is 2.53. The molecule has 1 aliphatic rings. The maximum Gasteiger partial charge on any atom is 0.273 e. The molecule has 0 fully saturated rings. The van der Waals surface area contributed by atoms with E-state index in [2.05, 4.69) is 0 Å². The first kappa shape index (κ1) is 13.2. The van der Waals surface area contributed by atoms with Gasteiger partial charge in [0.1, 0.15) is 5.56 Å². The first-order chi connectivity index (χ1) is 9.49. The van der Waals surface area contributed by atoms with E-state index < -0.39 is 0 Å². The highest BCUT2D eigenvalue weighted by Crippen LogP contribution is 2.31. The zero-order valence-corrected chi connectivity index (χ0v) is 12.0. The van der Waals surface area contributed by atoms with Crippen LogP contribution < -0.4 is 0 Å². The molecule has 100 valence electrons. The van der Waals surface area contributed by atoms with Crippen molar-refractivity contribution in [3.8, 4) is 0 Å². The van der Waals surface area contributed by atoms with E-state index in [9.17, 15) is 10.0 Å². The van der Waals surface area contributed by atoms with Crippen LogP contribution >= 0.6 is 23.2 Å². The Morgan fingerprint density at radius 2 is 1.80 bits per heavy atom. The molecule has 0 aliphatic carbocycles. The molecule has 0 N–H and O–H groups in total. The number of fused-ring (bicyclic) bond motifs is 1. The van der Waals surface area contributed by atoms with Crippen LogP contribution in [0.5, 0.6) is 0 Å². The molecule has 0 saturated heterocycles. The number of aryl methyl sites for hydroxylation is 1. The van der Waals surface area contributed by atoms with Crippen molar-refractivity contribution in [1.82, 2.24) is 0 Å². The largest absolute Gasteiger partial charge is 0.618 e. The fraction of sp³-hybridized carbons (Fsp3) is 0.0667. The highest BCUT2D eigenvalue weighted by Gasteiger charge is 2.36. The molecule has 3 rings (SSSR count). The van der Waals surface area contributed by atoms with Gasteiger partial charge in [0.25, 0.3) is 11.5 Å². The first-order valence-electron chi connectivity index (χ1n) is 5.94. The standard InChI is InChI=1S/C15H9Cl2NO2/c1-8-2-4-10-13(6-8)18(20)14(15(10)19)9-3-5-11(16)12(17)7-9/h2-7H,1H3. The molecule has 0 amide bonds. The van der Waals surface area contributed by atoms with Crippen molar-refractivity contribution in [2.45, 2.75) is 6.92 Å². The Morgan fingerprint density at radius 3 is 2.50 bits per heavy atom. The second-order valence-electron chi connectivity index (χ2n) is 4.62. The molecule has 20 heavy (non-hydrogen) atoms. The quantitative estimate of drug-likeness (QED) is 0.587. The van der Waals surface area contributed by atoms with E-state index in [1.54, 1.807) is 24.3 Å². The number of benzene rings is 2. The Bertz CT molecular complexity index is 781. The summed E-state index contributed by atoms with van der Waals surface area (Å²) in [5, 5.41) is 13.0. The van der Waals surface area contributed by atoms with Gasteiger partial charge in [-0.1, -0.05) is 29.3 Å². The predicted molar refractivity (Wildman–Crippen MR) is 79.4 cm³/mol. The molecule has 1 aliphatic heterocycles. The molecular formula is C15H9Cl2NO2. The molecule has 1 heterocycles. The van der Waals surface area contributed by atoms with E-state index in [0.717, 1.165) is 5.56 Å². The molecule has 0 saturated carbocycles. The SMILES string of the molecule is Cc1ccc2c(c1)[N+]([O-])=C(c1ccc(Cl)c(Cl)c1)C2=O. The van der Waals surface area contributed by atoms with E-state index in [-0.39, 0.29) is 11.5 Å². The van der Waals surface area contributed by atoms with Crippen molar-refractivity contribution < 1.29 is 9.53 Å². The summed E-state index contributed by atoms with van der Waals surface area (Å²) in [6.07, 6.45) is 0. The summed E-state index contributed by atoms with van der Waals surface area (Å²) in [6.45, 7) is 1.87. The van der Waals surface area contributed by atoms with Crippen LogP contribution in [0, 0.1) is 12.1 Å². The Balaban J connectivity index is 2.20. The van der Waals surface area contributed by atoms with E-state index in [1.807, 2.05) is 13.0 Å². The number of rotatable bonds is 1. The molecule has 3 nitrogen and oxygen atoms in total. The third-order valence-electron chi connectivity index (χ3n) is 3.23. The van der Waals surface area contributed by atoms with Gasteiger partial charge in [-0.15, -0.1) is 0 Å². The lowest BCUT2D eigenvalue weighted by Gasteiger charge is -2.03. The number of hydrogen-bond acceptors (Lipinski definition) is 2. The molecule has 0 atom stereocenters. The van der Waals surface area contributed by atoms with Crippen molar-refractivity contribution in [2.75, 3.05) is 0 Å². The van der Waals surface area contributed by atoms with Gasteiger partial charge in [0.15, 0.2) is 0 Å². The molecule has 5 heteroatoms. The molecule has 0 radical (unpaired) electrons. The molecule has 2 aromatic carbocycles. The summed E-state index contributed by atoms with van der Waals surface area (Å²) in [6, 6.07) is 9.89. The van der Waals surface area contributed by atoms with E-state index >= 15 is 0 Å². The predicted octanol–water partition coefficient (Wildman–Crippen LogP) is 4.13. The lowest BCUT2D eigenvalue weighted by atomic mass is 10.0. The molecule has 2 aromatic rings. The van der Waals surface area contributed by atoms with Gasteiger partial charge in [0, 0.05) is 6.07 Å². The van der Waals surface area contributed by atoms with Gasteiger partial charge >= 0.3 is 0 Å². The Hall–Kier alpha value is -1.84. The maximum absolute atomic E-state index is 12.4. The smallest absolute Gasteiger partial charge is 0.273 e. The monoisotopic (exact) mass is 305 g/mol. The normalized spacial score (nSPS) is 13.8. The number of nitrogens with zero attached hydrogens (tertiary/aromatic N) is 1. The van der Waals surface area contributed by atoms with Crippen molar-refractivity contribution in [2.24, 2.45) is 0 Å². The van der Waals surface area contributed by atoms with Gasteiger partial charge in [-0.3, -0.25) is 4.79 Å². The van der Waals surface area contributed by atoms with Gasteiger partial charge in [-0.2, -0.15) is 4.74 Å². The zero-order chi connectivity index (χ0) is 14.4. The summed E-state index contributed by atoms with van der Waals surface area (Å²) >= 11 is 11.8. The fourth-order valence-electron chi connectivity index (χ4n) is 2.23. The van der Waals surface area contributed by atoms with Crippen LogP contribution in [0.25, 0.3) is 0 Å². The topological polar surface area (TPSA) is 43.1 Å². The summed E-state index contributed by atoms with van der Waals surface area (Å²) in [5.41, 5.74) is 2.24. The number of hydrogen-bond donors (Lipinski definition) is 0. The lowest BCUT2D eigenvalue weighted by Crippen LogP contribution is -2.16. The molecular weight excluding hydrogens is 297 g/mol. The summed E-state index contributed by atoms with van der Waals surface area (Å²) in [5.74, 6) is -0.298. The second-order valence-corrected chi connectivity index (χ2v) is 5.44. The summed E-state index contributed by atoms with van der Waals surface area (Å²) < 4.78 is 0.657. The van der Waals surface area contributed by atoms with Gasteiger partial charge in [-0.05, 0) is 36.8 Å². The third-order valence-corrected chi connectivity index (χ3v) is 3.97. The summed E-state index contributed by atoms with van der Waals surface area (Å²) in [4.78, 5) is 12.4. The van der Waals surface area contributed by atoms with Gasteiger partial charge in [0.05, 0.1) is 15.6 Å². The van der Waals surface area contributed by atoms with Crippen LogP contribution in [0.1, 0.15) is 21.5 Å². The number of halogens is 2. The number of carbonyl (C=O) groups excluding carboxylic acids is 1. The third kappa shape index (κ3) is 1.90. The highest BCUT2D eigenvalue weighted by molar-refractivity contribution is 6.52. The van der Waals surface area contributed by atoms with E-state index in [4.69, 9.17) is 23.2 Å². The van der Waals surface area contributed by atoms with Crippen molar-refractivity contribution in [3.05, 3.63) is 68.3 Å². The number of ketones is 1. The Kier molecular flexibility index (Phi) is 3.04. The van der Waals surface area contributed by atoms with E-state index in [0.29, 0.717) is 31.6 Å². The van der Waals surface area contributed by atoms with Crippen LogP contribution in [0.4, 0.5) is 5.69 Å². The zero-order valence-electron chi connectivity index (χ0n) is 10.5. The number of carbonyl (C=O) groups is 1. The van der Waals surface area contributed by atoms with Crippen molar-refractivity contribution in [3.63, 3.8) is 0 Å². The molecule has 0 unspecified atom stereocenters. The number of Topliss-reactive ketones (excluding diaryl/α,β-unsaturated/α-hetero) is 1. The lowest BCUT2D eigenvalue weighted by molar-refractivity contribution is -0.355. The van der Waals surface area contributed by atoms with Crippen LogP contribution in [0.15, 0.2) is 36.4 Å². The van der Waals surface area contributed by atoms with Crippen LogP contribution in [-0.4, -0.2) is 16.2 Å². The minimum Gasteiger partial charge on any atom is -0.618 e. The van der Waals surface area contributed by atoms with Crippen molar-refractivity contribution in [1.29, 1.82) is 0 Å². The first-order valence-corrected chi connectivity index (χ1v) is 6.69. The van der Waals surface area contributed by atoms with Gasteiger partial charge < -0.3 is 5.21 Å². The van der Waals surface area contributed by atoms with Gasteiger partial charge in [-0.25, -0.2) is 0 Å². The Morgan fingerprint density at radius 1 is 1.05 bits per heavy atom. The average molecular weight is 306 g/mol. The average Bonchev–Trinajstić information content (AvgIpc) is 2.65. The van der Waals surface area contributed by atoms with Crippen LogP contribution in [0.2, 0.25) is 10.0 Å². The van der Waals surface area contributed by atoms with Crippen LogP contribution in [-0.2, 0) is 0 Å². The minimum absolute atomic E-state index is 0.0733.